The Bertz CT molecular complexity index is 531. The van der Waals surface area contributed by atoms with Crippen LogP contribution in [0.1, 0.15) is 25.8 Å². The zero-order valence-corrected chi connectivity index (χ0v) is 13.7. The van der Waals surface area contributed by atoms with Gasteiger partial charge in [0.25, 0.3) is 0 Å². The van der Waals surface area contributed by atoms with Gasteiger partial charge in [0, 0.05) is 36.0 Å². The lowest BCUT2D eigenvalue weighted by Gasteiger charge is -2.28. The molecule has 6 heteroatoms. The van der Waals surface area contributed by atoms with Gasteiger partial charge in [-0.1, -0.05) is 31.5 Å². The topological polar surface area (TPSA) is 50.4 Å². The highest BCUT2D eigenvalue weighted by Crippen LogP contribution is 2.29. The highest BCUT2D eigenvalue weighted by molar-refractivity contribution is 6.31. The Morgan fingerprint density at radius 3 is 2.95 bits per heavy atom. The van der Waals surface area contributed by atoms with Crippen LogP contribution >= 0.6 is 11.6 Å². The van der Waals surface area contributed by atoms with Crippen molar-refractivity contribution in [1.29, 1.82) is 0 Å². The summed E-state index contributed by atoms with van der Waals surface area (Å²) in [5, 5.41) is 6.55. The smallest absolute Gasteiger partial charge is 0.221 e. The third-order valence-corrected chi connectivity index (χ3v) is 4.13. The second-order valence-corrected chi connectivity index (χ2v) is 6.62. The van der Waals surface area contributed by atoms with Gasteiger partial charge in [-0.05, 0) is 17.7 Å². The number of morpholine rings is 1. The molecule has 1 atom stereocenters. The zero-order valence-electron chi connectivity index (χ0n) is 12.9. The molecule has 1 amide bonds. The number of carbonyl (C=O) groups excluding carboxylic acids is 1. The van der Waals surface area contributed by atoms with E-state index in [-0.39, 0.29) is 23.2 Å². The standard InChI is InChI=1S/C16H22ClFN2O2/c1-16(2,13-4-3-11(18)7-14(13)17)10-20-15(21)8-12-9-22-6-5-19-12/h3-4,7,12,19H,5-6,8-10H2,1-2H3,(H,20,21). The van der Waals surface area contributed by atoms with E-state index in [1.165, 1.54) is 12.1 Å². The summed E-state index contributed by atoms with van der Waals surface area (Å²) in [6.07, 6.45) is 0.382. The van der Waals surface area contributed by atoms with Gasteiger partial charge in [0.1, 0.15) is 5.82 Å². The lowest BCUT2D eigenvalue weighted by Crippen LogP contribution is -2.45. The molecular weight excluding hydrogens is 307 g/mol. The van der Waals surface area contributed by atoms with Gasteiger partial charge in [0.05, 0.1) is 13.2 Å². The van der Waals surface area contributed by atoms with Crippen molar-refractivity contribution in [2.75, 3.05) is 26.3 Å². The van der Waals surface area contributed by atoms with E-state index < -0.39 is 0 Å². The molecule has 1 unspecified atom stereocenters. The Morgan fingerprint density at radius 2 is 2.32 bits per heavy atom. The molecule has 1 fully saturated rings. The minimum absolute atomic E-state index is 0.0330. The van der Waals surface area contributed by atoms with Crippen molar-refractivity contribution in [2.24, 2.45) is 0 Å². The fourth-order valence-electron chi connectivity index (χ4n) is 2.50. The molecule has 122 valence electrons. The third-order valence-electron chi connectivity index (χ3n) is 3.82. The fourth-order valence-corrected chi connectivity index (χ4v) is 2.92. The first kappa shape index (κ1) is 17.2. The van der Waals surface area contributed by atoms with Gasteiger partial charge < -0.3 is 15.4 Å². The molecule has 1 heterocycles. The molecular formula is C16H22ClFN2O2. The molecule has 1 saturated heterocycles. The molecule has 22 heavy (non-hydrogen) atoms. The highest BCUT2D eigenvalue weighted by Gasteiger charge is 2.25. The minimum atomic E-state index is -0.378. The van der Waals surface area contributed by atoms with Crippen LogP contribution in [0, 0.1) is 5.82 Å². The third kappa shape index (κ3) is 4.66. The Morgan fingerprint density at radius 1 is 1.55 bits per heavy atom. The van der Waals surface area contributed by atoms with E-state index in [2.05, 4.69) is 10.6 Å². The SMILES string of the molecule is CC(C)(CNC(=O)CC1COCCN1)c1ccc(F)cc1Cl. The van der Waals surface area contributed by atoms with E-state index >= 15 is 0 Å². The number of amides is 1. The number of hydrogen-bond acceptors (Lipinski definition) is 3. The maximum absolute atomic E-state index is 13.1. The molecule has 1 aromatic carbocycles. The number of hydrogen-bond donors (Lipinski definition) is 2. The molecule has 0 aromatic heterocycles. The minimum Gasteiger partial charge on any atom is -0.378 e. The quantitative estimate of drug-likeness (QED) is 0.871. The summed E-state index contributed by atoms with van der Waals surface area (Å²) in [5.74, 6) is -0.397. The number of benzene rings is 1. The molecule has 0 bridgehead atoms. The number of carbonyl (C=O) groups is 1. The van der Waals surface area contributed by atoms with Crippen LogP contribution in [0.25, 0.3) is 0 Å². The lowest BCUT2D eigenvalue weighted by molar-refractivity contribution is -0.122. The number of rotatable bonds is 5. The van der Waals surface area contributed by atoms with E-state index in [1.807, 2.05) is 13.8 Å². The molecule has 1 aliphatic rings. The summed E-state index contributed by atoms with van der Waals surface area (Å²) >= 11 is 6.11. The lowest BCUT2D eigenvalue weighted by atomic mass is 9.84. The molecule has 2 rings (SSSR count). The van der Waals surface area contributed by atoms with Gasteiger partial charge in [-0.2, -0.15) is 0 Å². The summed E-state index contributed by atoms with van der Waals surface area (Å²) < 4.78 is 18.5. The Balaban J connectivity index is 1.89. The number of halogens is 2. The number of ether oxygens (including phenoxy) is 1. The van der Waals surface area contributed by atoms with Crippen LogP contribution in [-0.4, -0.2) is 38.3 Å². The van der Waals surface area contributed by atoms with Gasteiger partial charge in [-0.15, -0.1) is 0 Å². The van der Waals surface area contributed by atoms with Crippen LogP contribution in [0.5, 0.6) is 0 Å². The molecule has 1 aliphatic heterocycles. The van der Waals surface area contributed by atoms with Crippen LogP contribution in [0.4, 0.5) is 4.39 Å². The predicted octanol–water partition coefficient (Wildman–Crippen LogP) is 2.25. The molecule has 4 nitrogen and oxygen atoms in total. The van der Waals surface area contributed by atoms with Gasteiger partial charge in [-0.25, -0.2) is 4.39 Å². The van der Waals surface area contributed by atoms with Crippen molar-refractivity contribution in [1.82, 2.24) is 10.6 Å². The Hall–Kier alpha value is -1.17. The van der Waals surface area contributed by atoms with Crippen LogP contribution in [0.15, 0.2) is 18.2 Å². The van der Waals surface area contributed by atoms with Crippen molar-refractivity contribution in [3.63, 3.8) is 0 Å². The number of nitrogens with one attached hydrogen (secondary N) is 2. The zero-order chi connectivity index (χ0) is 16.2. The average molecular weight is 329 g/mol. The van der Waals surface area contributed by atoms with Crippen molar-refractivity contribution in [3.05, 3.63) is 34.6 Å². The van der Waals surface area contributed by atoms with Crippen LogP contribution in [0.3, 0.4) is 0 Å². The molecule has 0 spiro atoms. The van der Waals surface area contributed by atoms with Crippen molar-refractivity contribution < 1.29 is 13.9 Å². The van der Waals surface area contributed by atoms with Crippen molar-refractivity contribution in [2.45, 2.75) is 31.7 Å². The highest BCUT2D eigenvalue weighted by atomic mass is 35.5. The van der Waals surface area contributed by atoms with Gasteiger partial charge in [-0.3, -0.25) is 4.79 Å². The van der Waals surface area contributed by atoms with Gasteiger partial charge in [0.15, 0.2) is 0 Å². The summed E-state index contributed by atoms with van der Waals surface area (Å²) in [4.78, 5) is 12.0. The van der Waals surface area contributed by atoms with E-state index in [9.17, 15) is 9.18 Å². The fraction of sp³-hybridized carbons (Fsp3) is 0.562. The molecule has 0 saturated carbocycles. The van der Waals surface area contributed by atoms with Crippen LogP contribution < -0.4 is 10.6 Å². The second-order valence-electron chi connectivity index (χ2n) is 6.21. The normalized spacial score (nSPS) is 19.0. The monoisotopic (exact) mass is 328 g/mol. The largest absolute Gasteiger partial charge is 0.378 e. The maximum atomic E-state index is 13.1. The van der Waals surface area contributed by atoms with E-state index in [0.717, 1.165) is 12.1 Å². The molecule has 0 aliphatic carbocycles. The summed E-state index contributed by atoms with van der Waals surface area (Å²) in [6, 6.07) is 4.41. The first-order chi connectivity index (χ1) is 10.4. The summed E-state index contributed by atoms with van der Waals surface area (Å²) in [7, 11) is 0. The van der Waals surface area contributed by atoms with Gasteiger partial charge in [0.2, 0.25) is 5.91 Å². The Kier molecular flexibility index (Phi) is 5.78. The second kappa shape index (κ2) is 7.40. The summed E-state index contributed by atoms with van der Waals surface area (Å²) in [6.45, 7) is 6.39. The average Bonchev–Trinajstić information content (AvgIpc) is 2.46. The van der Waals surface area contributed by atoms with Crippen molar-refractivity contribution in [3.8, 4) is 0 Å². The molecule has 2 N–H and O–H groups in total. The first-order valence-electron chi connectivity index (χ1n) is 7.42. The van der Waals surface area contributed by atoms with Crippen LogP contribution in [-0.2, 0) is 14.9 Å². The summed E-state index contributed by atoms with van der Waals surface area (Å²) in [5.41, 5.74) is 0.437. The van der Waals surface area contributed by atoms with Crippen molar-refractivity contribution >= 4 is 17.5 Å². The first-order valence-corrected chi connectivity index (χ1v) is 7.79. The van der Waals surface area contributed by atoms with E-state index in [4.69, 9.17) is 16.3 Å². The molecule has 1 aromatic rings. The van der Waals surface area contributed by atoms with Gasteiger partial charge >= 0.3 is 0 Å². The predicted molar refractivity (Wildman–Crippen MR) is 84.7 cm³/mol. The van der Waals surface area contributed by atoms with E-state index in [1.54, 1.807) is 6.07 Å². The van der Waals surface area contributed by atoms with E-state index in [0.29, 0.717) is 31.2 Å². The molecule has 0 radical (unpaired) electrons. The Labute approximate surface area is 135 Å². The van der Waals surface area contributed by atoms with Crippen LogP contribution in [0.2, 0.25) is 5.02 Å². The maximum Gasteiger partial charge on any atom is 0.221 e.